The van der Waals surface area contributed by atoms with E-state index in [1.165, 1.54) is 6.07 Å². The van der Waals surface area contributed by atoms with Gasteiger partial charge in [0.05, 0.1) is 12.1 Å². The second-order valence-corrected chi connectivity index (χ2v) is 5.35. The Morgan fingerprint density at radius 2 is 1.89 bits per heavy atom. The Kier molecular flexibility index (Phi) is 4.30. The zero-order valence-corrected chi connectivity index (χ0v) is 11.3. The van der Waals surface area contributed by atoms with Gasteiger partial charge in [-0.05, 0) is 38.8 Å². The second kappa shape index (κ2) is 5.78. The molecule has 104 valence electrons. The highest BCUT2D eigenvalue weighted by molar-refractivity contribution is 5.97. The zero-order valence-electron chi connectivity index (χ0n) is 11.3. The Balaban J connectivity index is 2.11. The van der Waals surface area contributed by atoms with Gasteiger partial charge in [0.2, 0.25) is 0 Å². The van der Waals surface area contributed by atoms with E-state index in [-0.39, 0.29) is 17.9 Å². The number of ketones is 1. The summed E-state index contributed by atoms with van der Waals surface area (Å²) >= 11 is 0. The molecule has 19 heavy (non-hydrogen) atoms. The average Bonchev–Trinajstić information content (AvgIpc) is 2.33. The largest absolute Gasteiger partial charge is 0.293 e. The predicted molar refractivity (Wildman–Crippen MR) is 70.2 cm³/mol. The van der Waals surface area contributed by atoms with Crippen molar-refractivity contribution in [2.45, 2.75) is 45.2 Å². The highest BCUT2D eigenvalue weighted by Gasteiger charge is 2.27. The molecule has 1 aliphatic rings. The van der Waals surface area contributed by atoms with E-state index in [1.54, 1.807) is 0 Å². The normalized spacial score (nSPS) is 24.4. The number of carbonyl (C=O) groups is 1. The van der Waals surface area contributed by atoms with Crippen LogP contribution in [0.3, 0.4) is 0 Å². The Morgan fingerprint density at radius 3 is 2.47 bits per heavy atom. The molecule has 0 spiro atoms. The van der Waals surface area contributed by atoms with E-state index in [9.17, 15) is 13.6 Å². The minimum atomic E-state index is -0.776. The zero-order chi connectivity index (χ0) is 14.0. The van der Waals surface area contributed by atoms with Crippen molar-refractivity contribution in [1.29, 1.82) is 0 Å². The quantitative estimate of drug-likeness (QED) is 0.782. The lowest BCUT2D eigenvalue weighted by atomic mass is 9.96. The van der Waals surface area contributed by atoms with Crippen molar-refractivity contribution in [3.8, 4) is 0 Å². The third-order valence-corrected chi connectivity index (χ3v) is 3.93. The highest BCUT2D eigenvalue weighted by atomic mass is 19.1. The number of rotatable bonds is 3. The summed E-state index contributed by atoms with van der Waals surface area (Å²) in [5.41, 5.74) is -0.0219. The van der Waals surface area contributed by atoms with Crippen LogP contribution in [-0.4, -0.2) is 29.3 Å². The molecule has 1 heterocycles. The molecule has 0 radical (unpaired) electrons. The van der Waals surface area contributed by atoms with E-state index >= 15 is 0 Å². The van der Waals surface area contributed by atoms with Gasteiger partial charge in [0.15, 0.2) is 5.78 Å². The molecule has 1 fully saturated rings. The number of hydrogen-bond donors (Lipinski definition) is 0. The molecule has 1 aromatic rings. The van der Waals surface area contributed by atoms with Crippen LogP contribution in [0.2, 0.25) is 0 Å². The van der Waals surface area contributed by atoms with E-state index in [0.717, 1.165) is 31.4 Å². The summed E-state index contributed by atoms with van der Waals surface area (Å²) in [6.45, 7) is 4.37. The summed E-state index contributed by atoms with van der Waals surface area (Å²) in [5.74, 6) is -1.71. The monoisotopic (exact) mass is 267 g/mol. The van der Waals surface area contributed by atoms with Gasteiger partial charge in [-0.25, -0.2) is 8.78 Å². The van der Waals surface area contributed by atoms with Crippen LogP contribution in [0.1, 0.15) is 43.5 Å². The summed E-state index contributed by atoms with van der Waals surface area (Å²) in [6.07, 6.45) is 3.28. The summed E-state index contributed by atoms with van der Waals surface area (Å²) in [6, 6.07) is 3.77. The molecule has 1 aromatic carbocycles. The van der Waals surface area contributed by atoms with Crippen molar-refractivity contribution in [2.75, 3.05) is 6.54 Å². The summed E-state index contributed by atoms with van der Waals surface area (Å²) in [5, 5.41) is 0. The van der Waals surface area contributed by atoms with Crippen molar-refractivity contribution in [1.82, 2.24) is 4.90 Å². The second-order valence-electron chi connectivity index (χ2n) is 5.35. The lowest BCUT2D eigenvalue weighted by Gasteiger charge is -2.38. The van der Waals surface area contributed by atoms with Gasteiger partial charge in [0.25, 0.3) is 0 Å². The van der Waals surface area contributed by atoms with Crippen LogP contribution in [0.4, 0.5) is 8.78 Å². The first-order chi connectivity index (χ1) is 8.99. The molecule has 0 unspecified atom stereocenters. The van der Waals surface area contributed by atoms with Crippen LogP contribution >= 0.6 is 0 Å². The third-order valence-electron chi connectivity index (χ3n) is 3.93. The molecule has 4 heteroatoms. The molecule has 0 aliphatic carbocycles. The van der Waals surface area contributed by atoms with Crippen LogP contribution in [0, 0.1) is 11.6 Å². The van der Waals surface area contributed by atoms with Crippen LogP contribution < -0.4 is 0 Å². The number of halogens is 2. The van der Waals surface area contributed by atoms with Crippen molar-refractivity contribution in [3.05, 3.63) is 35.4 Å². The van der Waals surface area contributed by atoms with Crippen molar-refractivity contribution >= 4 is 5.78 Å². The van der Waals surface area contributed by atoms with E-state index in [1.807, 2.05) is 0 Å². The SMILES string of the molecule is C[C@@H]1CCC[C@H](C)N1CC(=O)c1ccc(F)cc1F. The number of piperidine rings is 1. The maximum Gasteiger partial charge on any atom is 0.179 e. The molecule has 2 atom stereocenters. The average molecular weight is 267 g/mol. The van der Waals surface area contributed by atoms with Gasteiger partial charge in [-0.15, -0.1) is 0 Å². The van der Waals surface area contributed by atoms with E-state index < -0.39 is 11.6 Å². The standard InChI is InChI=1S/C15H19F2NO/c1-10-4-3-5-11(2)18(10)9-15(19)13-7-6-12(16)8-14(13)17/h6-8,10-11H,3-5,9H2,1-2H3/t10-,11+. The van der Waals surface area contributed by atoms with Gasteiger partial charge < -0.3 is 0 Å². The molecule has 0 bridgehead atoms. The molecule has 0 aromatic heterocycles. The smallest absolute Gasteiger partial charge is 0.179 e. The van der Waals surface area contributed by atoms with Gasteiger partial charge in [-0.3, -0.25) is 9.69 Å². The molecule has 1 saturated heterocycles. The summed E-state index contributed by atoms with van der Waals surface area (Å²) < 4.78 is 26.4. The van der Waals surface area contributed by atoms with E-state index in [0.29, 0.717) is 12.1 Å². The minimum absolute atomic E-state index is 0.0219. The Labute approximate surface area is 112 Å². The van der Waals surface area contributed by atoms with Gasteiger partial charge in [0.1, 0.15) is 11.6 Å². The number of likely N-dealkylation sites (tertiary alicyclic amines) is 1. The molecular formula is C15H19F2NO. The van der Waals surface area contributed by atoms with E-state index in [2.05, 4.69) is 18.7 Å². The minimum Gasteiger partial charge on any atom is -0.293 e. The number of carbonyl (C=O) groups excluding carboxylic acids is 1. The molecule has 0 saturated carbocycles. The lowest BCUT2D eigenvalue weighted by Crippen LogP contribution is -2.46. The Bertz CT molecular complexity index is 465. The van der Waals surface area contributed by atoms with Gasteiger partial charge in [0, 0.05) is 18.2 Å². The number of benzene rings is 1. The molecular weight excluding hydrogens is 248 g/mol. The van der Waals surface area contributed by atoms with Crippen molar-refractivity contribution in [2.24, 2.45) is 0 Å². The van der Waals surface area contributed by atoms with Crippen molar-refractivity contribution < 1.29 is 13.6 Å². The number of hydrogen-bond acceptors (Lipinski definition) is 2. The fourth-order valence-corrected chi connectivity index (χ4v) is 2.75. The van der Waals surface area contributed by atoms with Crippen LogP contribution in [0.15, 0.2) is 18.2 Å². The molecule has 1 aliphatic heterocycles. The summed E-state index contributed by atoms with van der Waals surface area (Å²) in [4.78, 5) is 14.2. The van der Waals surface area contributed by atoms with Gasteiger partial charge >= 0.3 is 0 Å². The molecule has 0 N–H and O–H groups in total. The van der Waals surface area contributed by atoms with Crippen molar-refractivity contribution in [3.63, 3.8) is 0 Å². The number of nitrogens with zero attached hydrogens (tertiary/aromatic N) is 1. The molecule has 0 amide bonds. The van der Waals surface area contributed by atoms with Crippen LogP contribution in [0.5, 0.6) is 0 Å². The Hall–Kier alpha value is -1.29. The number of Topliss-reactive ketones (excluding diaryl/α,β-unsaturated/α-hetero) is 1. The first-order valence-corrected chi connectivity index (χ1v) is 6.73. The maximum absolute atomic E-state index is 13.6. The molecule has 2 nitrogen and oxygen atoms in total. The van der Waals surface area contributed by atoms with Crippen LogP contribution in [-0.2, 0) is 0 Å². The van der Waals surface area contributed by atoms with Gasteiger partial charge in [-0.2, -0.15) is 0 Å². The molecule has 2 rings (SSSR count). The predicted octanol–water partition coefficient (Wildman–Crippen LogP) is 3.41. The topological polar surface area (TPSA) is 20.3 Å². The maximum atomic E-state index is 13.6. The fourth-order valence-electron chi connectivity index (χ4n) is 2.75. The first-order valence-electron chi connectivity index (χ1n) is 6.73. The van der Waals surface area contributed by atoms with Gasteiger partial charge in [-0.1, -0.05) is 6.42 Å². The first kappa shape index (κ1) is 14.1. The lowest BCUT2D eigenvalue weighted by molar-refractivity contribution is 0.0731. The highest BCUT2D eigenvalue weighted by Crippen LogP contribution is 2.23. The third kappa shape index (κ3) is 3.18. The van der Waals surface area contributed by atoms with Crippen LogP contribution in [0.25, 0.3) is 0 Å². The summed E-state index contributed by atoms with van der Waals surface area (Å²) in [7, 11) is 0. The Morgan fingerprint density at radius 1 is 1.26 bits per heavy atom. The van der Waals surface area contributed by atoms with E-state index in [4.69, 9.17) is 0 Å². The fraction of sp³-hybridized carbons (Fsp3) is 0.533.